The highest BCUT2D eigenvalue weighted by Crippen LogP contribution is 2.30. The van der Waals surface area contributed by atoms with Crippen LogP contribution in [0.4, 0.5) is 4.39 Å². The van der Waals surface area contributed by atoms with Crippen molar-refractivity contribution in [3.05, 3.63) is 35.6 Å². The highest BCUT2D eigenvalue weighted by Gasteiger charge is 2.39. The average Bonchev–Trinajstić information content (AvgIpc) is 2.64. The lowest BCUT2D eigenvalue weighted by Gasteiger charge is -2.40. The van der Waals surface area contributed by atoms with Crippen LogP contribution in [0, 0.1) is 5.82 Å². The molecule has 1 aromatic rings. The van der Waals surface area contributed by atoms with Gasteiger partial charge < -0.3 is 15.5 Å². The fourth-order valence-electron chi connectivity index (χ4n) is 4.55. The SMILES string of the molecule is CC(=O)NC1(c2ccc(F)cc2)CC[NH+](CC(=O)NC2CCCCC2)CC1. The number of hydrogen-bond donors (Lipinski definition) is 3. The predicted octanol–water partition coefficient (Wildman–Crippen LogP) is 1.28. The van der Waals surface area contributed by atoms with Crippen LogP contribution in [0.2, 0.25) is 0 Å². The molecule has 2 amide bonds. The van der Waals surface area contributed by atoms with Gasteiger partial charge in [0, 0.05) is 25.8 Å². The Balaban J connectivity index is 1.58. The lowest BCUT2D eigenvalue weighted by atomic mass is 9.80. The summed E-state index contributed by atoms with van der Waals surface area (Å²) in [5.74, 6) is -0.234. The van der Waals surface area contributed by atoms with E-state index < -0.39 is 5.54 Å². The van der Waals surface area contributed by atoms with Crippen LogP contribution in [0.1, 0.15) is 57.4 Å². The Morgan fingerprint density at radius 3 is 2.33 bits per heavy atom. The van der Waals surface area contributed by atoms with E-state index in [2.05, 4.69) is 10.6 Å². The van der Waals surface area contributed by atoms with E-state index in [1.165, 1.54) is 43.2 Å². The molecule has 3 N–H and O–H groups in total. The molecule has 1 saturated carbocycles. The third kappa shape index (κ3) is 5.28. The van der Waals surface area contributed by atoms with Gasteiger partial charge in [-0.3, -0.25) is 9.59 Å². The number of hydrogen-bond acceptors (Lipinski definition) is 2. The van der Waals surface area contributed by atoms with Crippen LogP contribution in [0.3, 0.4) is 0 Å². The van der Waals surface area contributed by atoms with Crippen molar-refractivity contribution in [2.45, 2.75) is 63.5 Å². The monoisotopic (exact) mass is 376 g/mol. The zero-order chi connectivity index (χ0) is 19.3. The number of carbonyl (C=O) groups excluding carboxylic acids is 2. The molecule has 0 bridgehead atoms. The molecule has 1 heterocycles. The molecule has 148 valence electrons. The van der Waals surface area contributed by atoms with Gasteiger partial charge in [0.1, 0.15) is 5.82 Å². The number of quaternary nitrogens is 1. The lowest BCUT2D eigenvalue weighted by molar-refractivity contribution is -0.898. The first-order chi connectivity index (χ1) is 13.0. The maximum Gasteiger partial charge on any atom is 0.275 e. The quantitative estimate of drug-likeness (QED) is 0.725. The average molecular weight is 376 g/mol. The Kier molecular flexibility index (Phi) is 6.47. The first kappa shape index (κ1) is 19.8. The van der Waals surface area contributed by atoms with E-state index in [0.29, 0.717) is 12.6 Å². The van der Waals surface area contributed by atoms with Gasteiger partial charge in [0.15, 0.2) is 6.54 Å². The summed E-state index contributed by atoms with van der Waals surface area (Å²) in [4.78, 5) is 25.4. The van der Waals surface area contributed by atoms with Gasteiger partial charge in [0.05, 0.1) is 18.6 Å². The van der Waals surface area contributed by atoms with Gasteiger partial charge in [-0.15, -0.1) is 0 Å². The molecular formula is C21H31FN3O2+. The highest BCUT2D eigenvalue weighted by molar-refractivity contribution is 5.77. The van der Waals surface area contributed by atoms with Crippen molar-refractivity contribution in [2.24, 2.45) is 0 Å². The maximum absolute atomic E-state index is 13.3. The van der Waals surface area contributed by atoms with Gasteiger partial charge in [-0.2, -0.15) is 0 Å². The topological polar surface area (TPSA) is 62.6 Å². The molecule has 3 rings (SSSR count). The molecule has 0 radical (unpaired) electrons. The Bertz CT molecular complexity index is 648. The molecule has 0 unspecified atom stereocenters. The van der Waals surface area contributed by atoms with E-state index in [0.717, 1.165) is 44.3 Å². The van der Waals surface area contributed by atoms with E-state index in [1.807, 2.05) is 0 Å². The summed E-state index contributed by atoms with van der Waals surface area (Å²) in [6, 6.07) is 6.73. The number of nitrogens with one attached hydrogen (secondary N) is 3. The molecule has 2 fully saturated rings. The largest absolute Gasteiger partial charge is 0.348 e. The fraction of sp³-hybridized carbons (Fsp3) is 0.619. The summed E-state index contributed by atoms with van der Waals surface area (Å²) in [6.45, 7) is 3.60. The number of carbonyl (C=O) groups is 2. The van der Waals surface area contributed by atoms with Crippen molar-refractivity contribution >= 4 is 11.8 Å². The third-order valence-corrected chi connectivity index (χ3v) is 6.00. The van der Waals surface area contributed by atoms with E-state index in [1.54, 1.807) is 12.1 Å². The zero-order valence-corrected chi connectivity index (χ0v) is 16.2. The Morgan fingerprint density at radius 2 is 1.74 bits per heavy atom. The molecule has 0 aromatic heterocycles. The van der Waals surface area contributed by atoms with Crippen molar-refractivity contribution in [3.63, 3.8) is 0 Å². The highest BCUT2D eigenvalue weighted by atomic mass is 19.1. The molecule has 1 aliphatic heterocycles. The van der Waals surface area contributed by atoms with Crippen LogP contribution in [-0.2, 0) is 15.1 Å². The minimum Gasteiger partial charge on any atom is -0.348 e. The second-order valence-electron chi connectivity index (χ2n) is 8.10. The predicted molar refractivity (Wildman–Crippen MR) is 102 cm³/mol. The van der Waals surface area contributed by atoms with Crippen LogP contribution >= 0.6 is 0 Å². The zero-order valence-electron chi connectivity index (χ0n) is 16.2. The fourth-order valence-corrected chi connectivity index (χ4v) is 4.55. The molecule has 0 spiro atoms. The van der Waals surface area contributed by atoms with E-state index in [-0.39, 0.29) is 17.6 Å². The molecule has 1 aliphatic carbocycles. The van der Waals surface area contributed by atoms with Crippen molar-refractivity contribution in [1.29, 1.82) is 0 Å². The lowest BCUT2D eigenvalue weighted by Crippen LogP contribution is -3.14. The number of amides is 2. The second-order valence-corrected chi connectivity index (χ2v) is 8.10. The van der Waals surface area contributed by atoms with Gasteiger partial charge >= 0.3 is 0 Å². The van der Waals surface area contributed by atoms with Crippen LogP contribution in [-0.4, -0.2) is 37.5 Å². The van der Waals surface area contributed by atoms with Crippen molar-refractivity contribution < 1.29 is 18.9 Å². The summed E-state index contributed by atoms with van der Waals surface area (Å²) in [5.41, 5.74) is 0.466. The summed E-state index contributed by atoms with van der Waals surface area (Å²) >= 11 is 0. The smallest absolute Gasteiger partial charge is 0.275 e. The molecule has 6 heteroatoms. The number of piperidine rings is 1. The number of likely N-dealkylation sites (tertiary alicyclic amines) is 1. The molecule has 2 aliphatic rings. The minimum atomic E-state index is -0.469. The van der Waals surface area contributed by atoms with Crippen molar-refractivity contribution in [3.8, 4) is 0 Å². The summed E-state index contributed by atoms with van der Waals surface area (Å²) in [5, 5.41) is 6.28. The molecular weight excluding hydrogens is 345 g/mol. The Hall–Kier alpha value is -1.95. The van der Waals surface area contributed by atoms with Gasteiger partial charge in [0.25, 0.3) is 5.91 Å². The molecule has 5 nitrogen and oxygen atoms in total. The standard InChI is InChI=1S/C21H30FN3O2/c1-16(26)24-21(17-7-9-18(22)10-8-17)11-13-25(14-12-21)15-20(27)23-19-5-3-2-4-6-19/h7-10,19H,2-6,11-15H2,1H3,(H,23,27)(H,24,26)/p+1. The van der Waals surface area contributed by atoms with Gasteiger partial charge in [-0.25, -0.2) is 4.39 Å². The Labute approximate surface area is 160 Å². The number of rotatable bonds is 5. The van der Waals surface area contributed by atoms with Gasteiger partial charge in [0.2, 0.25) is 5.91 Å². The second kappa shape index (κ2) is 8.83. The molecule has 0 atom stereocenters. The first-order valence-electron chi connectivity index (χ1n) is 10.1. The van der Waals surface area contributed by atoms with Crippen molar-refractivity contribution in [2.75, 3.05) is 19.6 Å². The van der Waals surface area contributed by atoms with Crippen molar-refractivity contribution in [1.82, 2.24) is 10.6 Å². The van der Waals surface area contributed by atoms with E-state index >= 15 is 0 Å². The summed E-state index contributed by atoms with van der Waals surface area (Å²) in [7, 11) is 0. The molecule has 1 saturated heterocycles. The third-order valence-electron chi connectivity index (χ3n) is 6.00. The van der Waals surface area contributed by atoms with Crippen LogP contribution in [0.25, 0.3) is 0 Å². The minimum absolute atomic E-state index is 0.0854. The summed E-state index contributed by atoms with van der Waals surface area (Å²) in [6.07, 6.45) is 7.36. The normalized spacial score (nSPS) is 26.4. The maximum atomic E-state index is 13.3. The van der Waals surface area contributed by atoms with Crippen LogP contribution in [0.5, 0.6) is 0 Å². The Morgan fingerprint density at radius 1 is 1.11 bits per heavy atom. The molecule has 1 aromatic carbocycles. The van der Waals surface area contributed by atoms with E-state index in [9.17, 15) is 14.0 Å². The van der Waals surface area contributed by atoms with Crippen LogP contribution in [0.15, 0.2) is 24.3 Å². The first-order valence-corrected chi connectivity index (χ1v) is 10.1. The number of benzene rings is 1. The van der Waals surface area contributed by atoms with E-state index in [4.69, 9.17) is 0 Å². The molecule has 27 heavy (non-hydrogen) atoms. The van der Waals surface area contributed by atoms with Crippen LogP contribution < -0.4 is 15.5 Å². The summed E-state index contributed by atoms with van der Waals surface area (Å²) < 4.78 is 13.3. The number of halogens is 1. The van der Waals surface area contributed by atoms with Gasteiger partial charge in [-0.05, 0) is 30.5 Å². The van der Waals surface area contributed by atoms with Gasteiger partial charge in [-0.1, -0.05) is 31.4 Å².